The fourth-order valence-corrected chi connectivity index (χ4v) is 3.04. The van der Waals surface area contributed by atoms with Crippen LogP contribution in [0.25, 0.3) is 11.5 Å². The molecular formula is C21H23N5O6. The summed E-state index contributed by atoms with van der Waals surface area (Å²) in [5, 5.41) is 3.70. The molecule has 0 bridgehead atoms. The molecule has 0 unspecified atom stereocenters. The van der Waals surface area contributed by atoms with Gasteiger partial charge in [-0.25, -0.2) is 9.59 Å². The molecule has 0 aliphatic carbocycles. The zero-order valence-electron chi connectivity index (χ0n) is 18.1. The zero-order valence-corrected chi connectivity index (χ0v) is 18.1. The van der Waals surface area contributed by atoms with Crippen molar-refractivity contribution in [3.05, 3.63) is 62.1 Å². The van der Waals surface area contributed by atoms with Crippen LogP contribution in [0.1, 0.15) is 40.4 Å². The molecule has 11 nitrogen and oxygen atoms in total. The molecule has 0 aliphatic rings. The topological polar surface area (TPSA) is 152 Å². The minimum Gasteiger partial charge on any atom is -0.454 e. The third-order valence-corrected chi connectivity index (χ3v) is 4.64. The fourth-order valence-electron chi connectivity index (χ4n) is 3.04. The van der Waals surface area contributed by atoms with Gasteiger partial charge in [-0.2, -0.15) is 4.98 Å². The third kappa shape index (κ3) is 4.51. The maximum Gasteiger partial charge on any atom is 0.338 e. The van der Waals surface area contributed by atoms with Crippen LogP contribution in [0.2, 0.25) is 0 Å². The Kier molecular flexibility index (Phi) is 6.37. The minimum absolute atomic E-state index is 0.0485. The highest BCUT2D eigenvalue weighted by Crippen LogP contribution is 2.18. The molecule has 2 heterocycles. The van der Waals surface area contributed by atoms with Crippen LogP contribution < -0.4 is 17.0 Å². The summed E-state index contributed by atoms with van der Waals surface area (Å²) in [7, 11) is 1.26. The van der Waals surface area contributed by atoms with Crippen LogP contribution in [-0.4, -0.2) is 37.6 Å². The molecule has 2 aromatic heterocycles. The Balaban J connectivity index is 1.77. The number of hydrogen-bond acceptors (Lipinski definition) is 9. The summed E-state index contributed by atoms with van der Waals surface area (Å²) in [4.78, 5) is 53.9. The number of esters is 1. The van der Waals surface area contributed by atoms with Crippen molar-refractivity contribution in [3.63, 3.8) is 0 Å². The summed E-state index contributed by atoms with van der Waals surface area (Å²) in [5.41, 5.74) is 4.91. The van der Waals surface area contributed by atoms with Crippen LogP contribution in [0.3, 0.4) is 0 Å². The molecule has 0 fully saturated rings. The predicted octanol–water partition coefficient (Wildman–Crippen LogP) is 1.18. The van der Waals surface area contributed by atoms with Gasteiger partial charge in [0.15, 0.2) is 12.4 Å². The molecule has 0 saturated heterocycles. The van der Waals surface area contributed by atoms with E-state index in [1.54, 1.807) is 19.1 Å². The molecule has 168 valence electrons. The summed E-state index contributed by atoms with van der Waals surface area (Å²) in [5.74, 6) is -0.976. The van der Waals surface area contributed by atoms with E-state index in [0.717, 1.165) is 4.57 Å². The molecule has 32 heavy (non-hydrogen) atoms. The van der Waals surface area contributed by atoms with Crippen molar-refractivity contribution in [1.82, 2.24) is 19.3 Å². The first kappa shape index (κ1) is 22.7. The lowest BCUT2D eigenvalue weighted by Gasteiger charge is -2.16. The first-order valence-electron chi connectivity index (χ1n) is 9.80. The molecule has 11 heteroatoms. The maximum atomic E-state index is 12.7. The quantitative estimate of drug-likeness (QED) is 0.421. The van der Waals surface area contributed by atoms with Gasteiger partial charge in [-0.1, -0.05) is 19.0 Å². The molecule has 0 saturated carbocycles. The van der Waals surface area contributed by atoms with Gasteiger partial charge in [0.05, 0.1) is 5.56 Å². The van der Waals surface area contributed by atoms with E-state index in [9.17, 15) is 19.2 Å². The molecular weight excluding hydrogens is 418 g/mol. The van der Waals surface area contributed by atoms with Crippen molar-refractivity contribution in [3.8, 4) is 11.5 Å². The Morgan fingerprint density at radius 2 is 1.84 bits per heavy atom. The Labute approximate surface area is 182 Å². The maximum absolute atomic E-state index is 12.7. The largest absolute Gasteiger partial charge is 0.454 e. The highest BCUT2D eigenvalue weighted by Gasteiger charge is 2.23. The van der Waals surface area contributed by atoms with Crippen molar-refractivity contribution in [2.24, 2.45) is 13.0 Å². The van der Waals surface area contributed by atoms with Crippen molar-refractivity contribution < 1.29 is 18.8 Å². The van der Waals surface area contributed by atoms with Gasteiger partial charge < -0.3 is 15.0 Å². The summed E-state index contributed by atoms with van der Waals surface area (Å²) < 4.78 is 12.1. The molecule has 3 aromatic rings. The molecule has 0 spiro atoms. The second-order valence-electron chi connectivity index (χ2n) is 7.63. The van der Waals surface area contributed by atoms with E-state index in [-0.39, 0.29) is 29.4 Å². The first-order chi connectivity index (χ1) is 15.1. The SMILES string of the molecule is Cc1noc(-c2ccc(C(=O)OCC(=O)c3c(N)n(CC(C)C)c(=O)n(C)c3=O)cc2)n1. The van der Waals surface area contributed by atoms with Crippen molar-refractivity contribution in [1.29, 1.82) is 0 Å². The molecule has 3 rings (SSSR count). The summed E-state index contributed by atoms with van der Waals surface area (Å²) in [6, 6.07) is 6.16. The van der Waals surface area contributed by atoms with Gasteiger partial charge in [0.1, 0.15) is 11.4 Å². The lowest BCUT2D eigenvalue weighted by Crippen LogP contribution is -2.43. The van der Waals surface area contributed by atoms with Crippen molar-refractivity contribution >= 4 is 17.6 Å². The van der Waals surface area contributed by atoms with E-state index in [0.29, 0.717) is 17.3 Å². The standard InChI is InChI=1S/C21H23N5O6/c1-11(2)9-26-17(22)16(19(28)25(4)21(26)30)15(27)10-31-20(29)14-7-5-13(6-8-14)18-23-12(3)24-32-18/h5-8,11H,9-10,22H2,1-4H3. The Bertz CT molecular complexity index is 1280. The zero-order chi connectivity index (χ0) is 23.6. The van der Waals surface area contributed by atoms with E-state index in [2.05, 4.69) is 10.1 Å². The number of aromatic nitrogens is 4. The fraction of sp³-hybridized carbons (Fsp3) is 0.333. The number of carbonyl (C=O) groups excluding carboxylic acids is 2. The molecule has 0 amide bonds. The number of aryl methyl sites for hydroxylation is 1. The molecule has 2 N–H and O–H groups in total. The van der Waals surface area contributed by atoms with E-state index in [1.807, 2.05) is 13.8 Å². The van der Waals surface area contributed by atoms with Gasteiger partial charge in [-0.15, -0.1) is 0 Å². The molecule has 0 radical (unpaired) electrons. The number of benzene rings is 1. The van der Waals surface area contributed by atoms with Gasteiger partial charge >= 0.3 is 11.7 Å². The predicted molar refractivity (Wildman–Crippen MR) is 114 cm³/mol. The van der Waals surface area contributed by atoms with Gasteiger partial charge in [0, 0.05) is 19.2 Å². The average molecular weight is 441 g/mol. The highest BCUT2D eigenvalue weighted by atomic mass is 16.5. The smallest absolute Gasteiger partial charge is 0.338 e. The van der Waals surface area contributed by atoms with Crippen LogP contribution in [0, 0.1) is 12.8 Å². The summed E-state index contributed by atoms with van der Waals surface area (Å²) >= 11 is 0. The van der Waals surface area contributed by atoms with Crippen LogP contribution in [0.5, 0.6) is 0 Å². The average Bonchev–Trinajstić information content (AvgIpc) is 3.20. The lowest BCUT2D eigenvalue weighted by atomic mass is 10.1. The Hall–Kier alpha value is -4.02. The van der Waals surface area contributed by atoms with E-state index in [1.165, 1.54) is 23.7 Å². The number of nitrogen functional groups attached to an aromatic ring is 1. The van der Waals surface area contributed by atoms with Crippen LogP contribution in [0.4, 0.5) is 5.82 Å². The van der Waals surface area contributed by atoms with Gasteiger partial charge in [-0.3, -0.25) is 18.7 Å². The number of rotatable bonds is 7. The lowest BCUT2D eigenvalue weighted by molar-refractivity contribution is 0.0474. The number of hydrogen-bond donors (Lipinski definition) is 1. The number of nitrogens with zero attached hydrogens (tertiary/aromatic N) is 4. The molecule has 0 aliphatic heterocycles. The minimum atomic E-state index is -0.840. The normalized spacial score (nSPS) is 11.0. The number of ether oxygens (including phenoxy) is 1. The van der Waals surface area contributed by atoms with Gasteiger partial charge in [0.25, 0.3) is 11.4 Å². The molecule has 1 aromatic carbocycles. The van der Waals surface area contributed by atoms with Crippen LogP contribution in [0.15, 0.2) is 38.4 Å². The Morgan fingerprint density at radius 1 is 1.19 bits per heavy atom. The first-order valence-corrected chi connectivity index (χ1v) is 9.80. The van der Waals surface area contributed by atoms with Crippen molar-refractivity contribution in [2.45, 2.75) is 27.3 Å². The van der Waals surface area contributed by atoms with E-state index < -0.39 is 29.6 Å². The second kappa shape index (κ2) is 9.00. The van der Waals surface area contributed by atoms with Gasteiger partial charge in [-0.05, 0) is 37.1 Å². The second-order valence-corrected chi connectivity index (χ2v) is 7.63. The third-order valence-electron chi connectivity index (χ3n) is 4.64. The number of ketones is 1. The number of carbonyl (C=O) groups is 2. The number of anilines is 1. The van der Waals surface area contributed by atoms with Gasteiger partial charge in [0.2, 0.25) is 5.78 Å². The van der Waals surface area contributed by atoms with E-state index >= 15 is 0 Å². The van der Waals surface area contributed by atoms with Crippen LogP contribution >= 0.6 is 0 Å². The van der Waals surface area contributed by atoms with E-state index in [4.69, 9.17) is 15.0 Å². The molecule has 0 atom stereocenters. The van der Waals surface area contributed by atoms with Crippen molar-refractivity contribution in [2.75, 3.05) is 12.3 Å². The number of nitrogens with two attached hydrogens (primary N) is 1. The Morgan fingerprint density at radius 3 is 2.41 bits per heavy atom. The summed E-state index contributed by atoms with van der Waals surface area (Å²) in [6.07, 6.45) is 0. The summed E-state index contributed by atoms with van der Waals surface area (Å²) in [6.45, 7) is 4.94. The monoisotopic (exact) mass is 441 g/mol. The highest BCUT2D eigenvalue weighted by molar-refractivity contribution is 6.02. The number of Topliss-reactive ketones (excluding diaryl/α,β-unsaturated/α-hetero) is 1. The van der Waals surface area contributed by atoms with Crippen LogP contribution in [-0.2, 0) is 18.3 Å².